The normalized spacial score (nSPS) is 20.9. The van der Waals surface area contributed by atoms with Gasteiger partial charge < -0.3 is 10.2 Å². The van der Waals surface area contributed by atoms with E-state index in [1.165, 1.54) is 0 Å². The van der Waals surface area contributed by atoms with Crippen molar-refractivity contribution in [2.24, 2.45) is 0 Å². The van der Waals surface area contributed by atoms with Gasteiger partial charge in [-0.2, -0.15) is 11.3 Å². The lowest BCUT2D eigenvalue weighted by Gasteiger charge is -2.16. The second-order valence-corrected chi connectivity index (χ2v) is 4.74. The quantitative estimate of drug-likeness (QED) is 0.825. The van der Waals surface area contributed by atoms with E-state index in [1.54, 1.807) is 11.3 Å². The number of likely N-dealkylation sites (tertiary alicyclic amines) is 1. The van der Waals surface area contributed by atoms with Crippen LogP contribution in [0.4, 0.5) is 0 Å². The second kappa shape index (κ2) is 4.33. The van der Waals surface area contributed by atoms with Crippen molar-refractivity contribution in [1.82, 2.24) is 10.2 Å². The highest BCUT2D eigenvalue weighted by Gasteiger charge is 2.26. The molecule has 2 rings (SSSR count). The molecule has 15 heavy (non-hydrogen) atoms. The number of aryl methyl sites for hydroxylation is 1. The maximum atomic E-state index is 12.1. The van der Waals surface area contributed by atoms with Crippen LogP contribution in [0.25, 0.3) is 0 Å². The van der Waals surface area contributed by atoms with Crippen LogP contribution in [0.3, 0.4) is 0 Å². The van der Waals surface area contributed by atoms with Gasteiger partial charge in [-0.3, -0.25) is 4.79 Å². The average Bonchev–Trinajstić information content (AvgIpc) is 2.84. The molecule has 1 unspecified atom stereocenters. The molecule has 0 aromatic carbocycles. The van der Waals surface area contributed by atoms with Gasteiger partial charge >= 0.3 is 0 Å². The first-order valence-corrected chi connectivity index (χ1v) is 6.16. The maximum absolute atomic E-state index is 12.1. The van der Waals surface area contributed by atoms with Gasteiger partial charge in [-0.1, -0.05) is 0 Å². The topological polar surface area (TPSA) is 32.3 Å². The minimum Gasteiger partial charge on any atom is -0.337 e. The van der Waals surface area contributed by atoms with E-state index in [0.717, 1.165) is 30.6 Å². The summed E-state index contributed by atoms with van der Waals surface area (Å²) in [6.45, 7) is 3.71. The van der Waals surface area contributed by atoms with Gasteiger partial charge in [-0.05, 0) is 31.3 Å². The van der Waals surface area contributed by atoms with Crippen LogP contribution in [-0.4, -0.2) is 37.0 Å². The van der Waals surface area contributed by atoms with Gasteiger partial charge in [0.1, 0.15) is 0 Å². The highest BCUT2D eigenvalue weighted by atomic mass is 32.1. The highest BCUT2D eigenvalue weighted by molar-refractivity contribution is 7.08. The summed E-state index contributed by atoms with van der Waals surface area (Å²) in [7, 11) is 1.95. The highest BCUT2D eigenvalue weighted by Crippen LogP contribution is 2.19. The minimum absolute atomic E-state index is 0.187. The Bertz CT molecular complexity index is 361. The zero-order valence-corrected chi connectivity index (χ0v) is 9.93. The first-order valence-electron chi connectivity index (χ1n) is 5.21. The van der Waals surface area contributed by atoms with E-state index in [-0.39, 0.29) is 5.91 Å². The summed E-state index contributed by atoms with van der Waals surface area (Å²) >= 11 is 1.60. The third-order valence-corrected chi connectivity index (χ3v) is 3.83. The van der Waals surface area contributed by atoms with E-state index in [1.807, 2.05) is 29.6 Å². The number of carbonyl (C=O) groups is 1. The summed E-state index contributed by atoms with van der Waals surface area (Å²) in [4.78, 5) is 14.0. The Kier molecular flexibility index (Phi) is 3.07. The third-order valence-electron chi connectivity index (χ3n) is 2.97. The molecular weight excluding hydrogens is 208 g/mol. The Morgan fingerprint density at radius 1 is 1.60 bits per heavy atom. The molecule has 4 heteroatoms. The molecule has 1 atom stereocenters. The number of hydrogen-bond acceptors (Lipinski definition) is 3. The van der Waals surface area contributed by atoms with Crippen LogP contribution in [0.15, 0.2) is 10.8 Å². The van der Waals surface area contributed by atoms with Crippen molar-refractivity contribution < 1.29 is 4.79 Å². The zero-order chi connectivity index (χ0) is 10.8. The average molecular weight is 224 g/mol. The SMILES string of the molecule is CNC1CCN(C(=O)c2cscc2C)C1. The van der Waals surface area contributed by atoms with Crippen molar-refractivity contribution in [3.63, 3.8) is 0 Å². The van der Waals surface area contributed by atoms with E-state index in [9.17, 15) is 4.79 Å². The Hall–Kier alpha value is -0.870. The third kappa shape index (κ3) is 2.06. The Morgan fingerprint density at radius 3 is 2.93 bits per heavy atom. The lowest BCUT2D eigenvalue weighted by molar-refractivity contribution is 0.0789. The molecule has 1 N–H and O–H groups in total. The lowest BCUT2D eigenvalue weighted by atomic mass is 10.2. The molecule has 1 aromatic heterocycles. The van der Waals surface area contributed by atoms with Gasteiger partial charge in [0.2, 0.25) is 0 Å². The number of thiophene rings is 1. The summed E-state index contributed by atoms with van der Waals surface area (Å²) in [6.07, 6.45) is 1.06. The molecule has 2 heterocycles. The van der Waals surface area contributed by atoms with Gasteiger partial charge in [-0.25, -0.2) is 0 Å². The molecule has 1 fully saturated rings. The predicted molar refractivity (Wildman–Crippen MR) is 62.4 cm³/mol. The predicted octanol–water partition coefficient (Wildman–Crippen LogP) is 1.49. The second-order valence-electron chi connectivity index (χ2n) is 3.99. The fourth-order valence-corrected chi connectivity index (χ4v) is 2.75. The summed E-state index contributed by atoms with van der Waals surface area (Å²) in [6, 6.07) is 0.466. The molecule has 0 aliphatic carbocycles. The van der Waals surface area contributed by atoms with Crippen LogP contribution in [0.5, 0.6) is 0 Å². The number of rotatable bonds is 2. The van der Waals surface area contributed by atoms with Crippen molar-refractivity contribution in [3.8, 4) is 0 Å². The number of amides is 1. The number of hydrogen-bond donors (Lipinski definition) is 1. The molecule has 0 radical (unpaired) electrons. The molecule has 82 valence electrons. The largest absolute Gasteiger partial charge is 0.337 e. The molecule has 0 saturated carbocycles. The first kappa shape index (κ1) is 10.6. The van der Waals surface area contributed by atoms with Crippen LogP contribution in [0.1, 0.15) is 22.3 Å². The van der Waals surface area contributed by atoms with Crippen LogP contribution in [0, 0.1) is 6.92 Å². The van der Waals surface area contributed by atoms with Crippen LogP contribution < -0.4 is 5.32 Å². The van der Waals surface area contributed by atoms with Gasteiger partial charge in [0, 0.05) is 24.5 Å². The smallest absolute Gasteiger partial charge is 0.255 e. The van der Waals surface area contributed by atoms with Crippen molar-refractivity contribution in [2.75, 3.05) is 20.1 Å². The summed E-state index contributed by atoms with van der Waals surface area (Å²) < 4.78 is 0. The minimum atomic E-state index is 0.187. The van der Waals surface area contributed by atoms with Crippen molar-refractivity contribution in [2.45, 2.75) is 19.4 Å². The van der Waals surface area contributed by atoms with Gasteiger partial charge in [0.15, 0.2) is 0 Å². The molecule has 3 nitrogen and oxygen atoms in total. The molecule has 1 aliphatic heterocycles. The standard InChI is InChI=1S/C11H16N2OS/c1-8-6-15-7-10(8)11(14)13-4-3-9(5-13)12-2/h6-7,9,12H,3-5H2,1-2H3. The van der Waals surface area contributed by atoms with E-state index >= 15 is 0 Å². The fraction of sp³-hybridized carbons (Fsp3) is 0.545. The van der Waals surface area contributed by atoms with E-state index in [4.69, 9.17) is 0 Å². The monoisotopic (exact) mass is 224 g/mol. The van der Waals surface area contributed by atoms with Gasteiger partial charge in [0.25, 0.3) is 5.91 Å². The molecular formula is C11H16N2OS. The molecule has 0 bridgehead atoms. The van der Waals surface area contributed by atoms with E-state index in [0.29, 0.717) is 6.04 Å². The van der Waals surface area contributed by atoms with Gasteiger partial charge in [0.05, 0.1) is 5.56 Å². The maximum Gasteiger partial charge on any atom is 0.255 e. The number of likely N-dealkylation sites (N-methyl/N-ethyl adjacent to an activating group) is 1. The summed E-state index contributed by atoms with van der Waals surface area (Å²) in [5, 5.41) is 7.19. The number of nitrogens with one attached hydrogen (secondary N) is 1. The number of carbonyl (C=O) groups excluding carboxylic acids is 1. The van der Waals surface area contributed by atoms with E-state index < -0.39 is 0 Å². The number of nitrogens with zero attached hydrogens (tertiary/aromatic N) is 1. The molecule has 1 aliphatic rings. The van der Waals surface area contributed by atoms with E-state index in [2.05, 4.69) is 5.32 Å². The molecule has 1 saturated heterocycles. The van der Waals surface area contributed by atoms with Crippen LogP contribution in [-0.2, 0) is 0 Å². The van der Waals surface area contributed by atoms with Crippen LogP contribution in [0.2, 0.25) is 0 Å². The van der Waals surface area contributed by atoms with Crippen molar-refractivity contribution >= 4 is 17.2 Å². The Morgan fingerprint density at radius 2 is 2.40 bits per heavy atom. The Labute approximate surface area is 94.1 Å². The molecule has 1 amide bonds. The molecule has 1 aromatic rings. The first-order chi connectivity index (χ1) is 7.22. The zero-order valence-electron chi connectivity index (χ0n) is 9.12. The van der Waals surface area contributed by atoms with Gasteiger partial charge in [-0.15, -0.1) is 0 Å². The van der Waals surface area contributed by atoms with Crippen molar-refractivity contribution in [1.29, 1.82) is 0 Å². The van der Waals surface area contributed by atoms with Crippen LogP contribution >= 0.6 is 11.3 Å². The fourth-order valence-electron chi connectivity index (χ4n) is 1.93. The summed E-state index contributed by atoms with van der Waals surface area (Å²) in [5.74, 6) is 0.187. The summed E-state index contributed by atoms with van der Waals surface area (Å²) in [5.41, 5.74) is 1.97. The lowest BCUT2D eigenvalue weighted by Crippen LogP contribution is -2.33. The van der Waals surface area contributed by atoms with Crippen molar-refractivity contribution in [3.05, 3.63) is 21.9 Å². The molecule has 0 spiro atoms. The Balaban J connectivity index is 2.07.